The Labute approximate surface area is 148 Å². The number of hydrogen-bond acceptors (Lipinski definition) is 6. The van der Waals surface area contributed by atoms with Gasteiger partial charge in [-0.2, -0.15) is 0 Å². The number of sulfonamides is 1. The minimum atomic E-state index is -3.71. The zero-order valence-corrected chi connectivity index (χ0v) is 14.8. The van der Waals surface area contributed by atoms with Crippen molar-refractivity contribution in [2.24, 2.45) is 0 Å². The van der Waals surface area contributed by atoms with E-state index in [4.69, 9.17) is 0 Å². The third-order valence-corrected chi connectivity index (χ3v) is 5.35. The predicted molar refractivity (Wildman–Crippen MR) is 96.3 cm³/mol. The SMILES string of the molecule is Cc1nnc(NC(=O)c2ccc(S(=O)(=O)Nc3ccccc3)cc2)s1. The average Bonchev–Trinajstić information content (AvgIpc) is 3.00. The number of aryl methyl sites for hydroxylation is 1. The number of rotatable bonds is 5. The van der Waals surface area contributed by atoms with Crippen LogP contribution in [-0.4, -0.2) is 24.5 Å². The number of anilines is 2. The second-order valence-electron chi connectivity index (χ2n) is 5.08. The number of para-hydroxylation sites is 1. The van der Waals surface area contributed by atoms with Gasteiger partial charge in [0.05, 0.1) is 4.90 Å². The number of aromatic nitrogens is 2. The lowest BCUT2D eigenvalue weighted by Gasteiger charge is -2.08. The fourth-order valence-corrected chi connectivity index (χ4v) is 3.67. The summed E-state index contributed by atoms with van der Waals surface area (Å²) >= 11 is 1.26. The second-order valence-corrected chi connectivity index (χ2v) is 7.94. The van der Waals surface area contributed by atoms with Gasteiger partial charge in [-0.3, -0.25) is 14.8 Å². The molecule has 0 saturated heterocycles. The average molecular weight is 374 g/mol. The van der Waals surface area contributed by atoms with Crippen LogP contribution in [0.2, 0.25) is 0 Å². The first-order valence-electron chi connectivity index (χ1n) is 7.23. The molecule has 0 aliphatic heterocycles. The molecule has 0 fully saturated rings. The van der Waals surface area contributed by atoms with Crippen LogP contribution < -0.4 is 10.0 Å². The standard InChI is InChI=1S/C16H14N4O3S2/c1-11-18-19-16(24-11)17-15(21)12-7-9-14(10-8-12)25(22,23)20-13-5-3-2-4-6-13/h2-10,20H,1H3,(H,17,19,21). The highest BCUT2D eigenvalue weighted by atomic mass is 32.2. The highest BCUT2D eigenvalue weighted by molar-refractivity contribution is 7.92. The van der Waals surface area contributed by atoms with E-state index in [2.05, 4.69) is 20.2 Å². The summed E-state index contributed by atoms with van der Waals surface area (Å²) < 4.78 is 27.2. The topological polar surface area (TPSA) is 101 Å². The van der Waals surface area contributed by atoms with Gasteiger partial charge in [0.2, 0.25) is 5.13 Å². The van der Waals surface area contributed by atoms with Crippen molar-refractivity contribution in [1.82, 2.24) is 10.2 Å². The monoisotopic (exact) mass is 374 g/mol. The van der Waals surface area contributed by atoms with E-state index in [-0.39, 0.29) is 10.8 Å². The number of nitrogens with zero attached hydrogens (tertiary/aromatic N) is 2. The van der Waals surface area contributed by atoms with Gasteiger partial charge in [-0.25, -0.2) is 8.42 Å². The Balaban J connectivity index is 1.74. The van der Waals surface area contributed by atoms with Crippen molar-refractivity contribution in [2.75, 3.05) is 10.0 Å². The Bertz CT molecular complexity index is 984. The minimum Gasteiger partial charge on any atom is -0.296 e. The minimum absolute atomic E-state index is 0.0691. The van der Waals surface area contributed by atoms with Gasteiger partial charge in [-0.1, -0.05) is 29.5 Å². The van der Waals surface area contributed by atoms with Crippen LogP contribution in [0.25, 0.3) is 0 Å². The highest BCUT2D eigenvalue weighted by Crippen LogP contribution is 2.18. The number of carbonyl (C=O) groups is 1. The van der Waals surface area contributed by atoms with E-state index in [1.54, 1.807) is 37.3 Å². The molecule has 0 aliphatic rings. The summed E-state index contributed by atoms with van der Waals surface area (Å²) in [5, 5.41) is 11.4. The Morgan fingerprint density at radius 1 is 1.00 bits per heavy atom. The second kappa shape index (κ2) is 6.99. The molecule has 0 radical (unpaired) electrons. The molecule has 128 valence electrons. The van der Waals surface area contributed by atoms with Crippen molar-refractivity contribution < 1.29 is 13.2 Å². The van der Waals surface area contributed by atoms with Crippen molar-refractivity contribution in [2.45, 2.75) is 11.8 Å². The molecule has 3 rings (SSSR count). The molecule has 9 heteroatoms. The van der Waals surface area contributed by atoms with Gasteiger partial charge in [-0.15, -0.1) is 10.2 Å². The van der Waals surface area contributed by atoms with Gasteiger partial charge in [0.1, 0.15) is 5.01 Å². The molecule has 1 aromatic heterocycles. The molecule has 25 heavy (non-hydrogen) atoms. The van der Waals surface area contributed by atoms with E-state index in [0.29, 0.717) is 16.4 Å². The highest BCUT2D eigenvalue weighted by Gasteiger charge is 2.15. The molecule has 1 amide bonds. The summed E-state index contributed by atoms with van der Waals surface area (Å²) in [6, 6.07) is 14.2. The van der Waals surface area contributed by atoms with Crippen LogP contribution in [0.1, 0.15) is 15.4 Å². The largest absolute Gasteiger partial charge is 0.296 e. The first-order valence-corrected chi connectivity index (χ1v) is 9.53. The Morgan fingerprint density at radius 2 is 1.68 bits per heavy atom. The van der Waals surface area contributed by atoms with Crippen LogP contribution in [0.3, 0.4) is 0 Å². The van der Waals surface area contributed by atoms with E-state index in [1.165, 1.54) is 35.6 Å². The maximum Gasteiger partial charge on any atom is 0.261 e. The molecular formula is C16H14N4O3S2. The van der Waals surface area contributed by atoms with Gasteiger partial charge >= 0.3 is 0 Å². The van der Waals surface area contributed by atoms with E-state index in [9.17, 15) is 13.2 Å². The molecule has 0 aliphatic carbocycles. The van der Waals surface area contributed by atoms with Crippen molar-refractivity contribution in [3.05, 3.63) is 65.2 Å². The van der Waals surface area contributed by atoms with Gasteiger partial charge in [-0.05, 0) is 43.3 Å². The van der Waals surface area contributed by atoms with Crippen LogP contribution in [0.4, 0.5) is 10.8 Å². The van der Waals surface area contributed by atoms with Crippen molar-refractivity contribution in [3.63, 3.8) is 0 Å². The van der Waals surface area contributed by atoms with Crippen molar-refractivity contribution in [1.29, 1.82) is 0 Å². The van der Waals surface area contributed by atoms with Gasteiger partial charge in [0.25, 0.3) is 15.9 Å². The normalized spacial score (nSPS) is 11.1. The Kier molecular flexibility index (Phi) is 4.77. The summed E-state index contributed by atoms with van der Waals surface area (Å²) in [5.41, 5.74) is 0.794. The fourth-order valence-electron chi connectivity index (χ4n) is 2.02. The third kappa shape index (κ3) is 4.20. The van der Waals surface area contributed by atoms with E-state index < -0.39 is 10.0 Å². The molecule has 2 aromatic carbocycles. The van der Waals surface area contributed by atoms with Crippen LogP contribution in [-0.2, 0) is 10.0 Å². The van der Waals surface area contributed by atoms with Gasteiger partial charge < -0.3 is 0 Å². The van der Waals surface area contributed by atoms with Crippen LogP contribution >= 0.6 is 11.3 Å². The van der Waals surface area contributed by atoms with Gasteiger partial charge in [0, 0.05) is 11.3 Å². The molecule has 0 spiro atoms. The molecule has 7 nitrogen and oxygen atoms in total. The van der Waals surface area contributed by atoms with Crippen molar-refractivity contribution in [3.8, 4) is 0 Å². The maximum atomic E-state index is 12.3. The number of nitrogens with one attached hydrogen (secondary N) is 2. The van der Waals surface area contributed by atoms with Crippen LogP contribution in [0, 0.1) is 6.92 Å². The van der Waals surface area contributed by atoms with Crippen LogP contribution in [0.15, 0.2) is 59.5 Å². The molecule has 1 heterocycles. The fraction of sp³-hybridized carbons (Fsp3) is 0.0625. The molecule has 2 N–H and O–H groups in total. The first-order chi connectivity index (χ1) is 11.9. The zero-order chi connectivity index (χ0) is 17.9. The lowest BCUT2D eigenvalue weighted by atomic mass is 10.2. The molecule has 0 unspecified atom stereocenters. The van der Waals surface area contributed by atoms with E-state index in [0.717, 1.165) is 5.01 Å². The lowest BCUT2D eigenvalue weighted by Crippen LogP contribution is -2.14. The number of benzene rings is 2. The molecular weight excluding hydrogens is 360 g/mol. The summed E-state index contributed by atoms with van der Waals surface area (Å²) in [6.45, 7) is 1.78. The first kappa shape index (κ1) is 17.1. The molecule has 0 bridgehead atoms. The summed E-state index contributed by atoms with van der Waals surface area (Å²) in [5.74, 6) is -0.379. The summed E-state index contributed by atoms with van der Waals surface area (Å²) in [6.07, 6.45) is 0. The summed E-state index contributed by atoms with van der Waals surface area (Å²) in [4.78, 5) is 12.2. The van der Waals surface area contributed by atoms with Crippen LogP contribution in [0.5, 0.6) is 0 Å². The Morgan fingerprint density at radius 3 is 2.28 bits per heavy atom. The molecule has 3 aromatic rings. The maximum absolute atomic E-state index is 12.3. The smallest absolute Gasteiger partial charge is 0.261 e. The van der Waals surface area contributed by atoms with E-state index in [1.807, 2.05) is 0 Å². The zero-order valence-electron chi connectivity index (χ0n) is 13.1. The number of carbonyl (C=O) groups excluding carboxylic acids is 1. The van der Waals surface area contributed by atoms with E-state index >= 15 is 0 Å². The predicted octanol–water partition coefficient (Wildman–Crippen LogP) is 2.90. The molecule has 0 saturated carbocycles. The van der Waals surface area contributed by atoms with Gasteiger partial charge in [0.15, 0.2) is 0 Å². The quantitative estimate of drug-likeness (QED) is 0.715. The lowest BCUT2D eigenvalue weighted by molar-refractivity contribution is 0.102. The Hall–Kier alpha value is -2.78. The summed E-state index contributed by atoms with van der Waals surface area (Å²) in [7, 11) is -3.71. The third-order valence-electron chi connectivity index (χ3n) is 3.20. The number of hydrogen-bond donors (Lipinski definition) is 2. The number of amides is 1. The molecule has 0 atom stereocenters. The van der Waals surface area contributed by atoms with Crippen molar-refractivity contribution >= 4 is 38.1 Å².